The number of hydrogen-bond donors (Lipinski definition) is 1. The fourth-order valence-corrected chi connectivity index (χ4v) is 2.08. The fraction of sp³-hybridized carbons (Fsp3) is 0.500. The molecular formula is C14H18N4O. The topological polar surface area (TPSA) is 63.6 Å². The Morgan fingerprint density at radius 1 is 1.37 bits per heavy atom. The Kier molecular flexibility index (Phi) is 2.59. The summed E-state index contributed by atoms with van der Waals surface area (Å²) in [6.45, 7) is 6.21. The molecule has 2 aromatic heterocycles. The minimum atomic E-state index is -0.197. The molecule has 0 amide bonds. The number of H-pyrrole nitrogens is 1. The monoisotopic (exact) mass is 258 g/mol. The first-order valence-electron chi connectivity index (χ1n) is 6.62. The Morgan fingerprint density at radius 3 is 2.68 bits per heavy atom. The third-order valence-corrected chi connectivity index (χ3v) is 3.26. The van der Waals surface area contributed by atoms with Crippen molar-refractivity contribution < 1.29 is 0 Å². The lowest BCUT2D eigenvalue weighted by atomic mass is 10.1. The zero-order valence-corrected chi connectivity index (χ0v) is 11.5. The minimum absolute atomic E-state index is 0.122. The van der Waals surface area contributed by atoms with Gasteiger partial charge >= 0.3 is 0 Å². The fourth-order valence-electron chi connectivity index (χ4n) is 2.08. The molecule has 0 radical (unpaired) electrons. The van der Waals surface area contributed by atoms with E-state index in [9.17, 15) is 4.79 Å². The smallest absolute Gasteiger partial charge is 0.259 e. The van der Waals surface area contributed by atoms with E-state index in [1.165, 1.54) is 0 Å². The van der Waals surface area contributed by atoms with Crippen LogP contribution >= 0.6 is 0 Å². The van der Waals surface area contributed by atoms with Crippen LogP contribution in [0.5, 0.6) is 0 Å². The van der Waals surface area contributed by atoms with Gasteiger partial charge in [-0.25, -0.2) is 9.67 Å². The van der Waals surface area contributed by atoms with Crippen molar-refractivity contribution >= 4 is 0 Å². The van der Waals surface area contributed by atoms with E-state index in [2.05, 4.69) is 35.8 Å². The molecule has 0 unspecified atom stereocenters. The molecule has 0 spiro atoms. The van der Waals surface area contributed by atoms with Gasteiger partial charge in [0, 0.05) is 12.1 Å². The lowest BCUT2D eigenvalue weighted by Crippen LogP contribution is -2.25. The number of nitrogens with one attached hydrogen (secondary N) is 1. The van der Waals surface area contributed by atoms with E-state index in [0.717, 1.165) is 18.7 Å². The number of hydrogen-bond acceptors (Lipinski definition) is 3. The van der Waals surface area contributed by atoms with E-state index in [1.54, 1.807) is 12.3 Å². The third-order valence-electron chi connectivity index (χ3n) is 3.26. The van der Waals surface area contributed by atoms with E-state index < -0.39 is 0 Å². The maximum atomic E-state index is 12.0. The molecule has 1 fully saturated rings. The Morgan fingerprint density at radius 2 is 2.11 bits per heavy atom. The van der Waals surface area contributed by atoms with Gasteiger partial charge in [0.1, 0.15) is 0 Å². The van der Waals surface area contributed by atoms with Crippen LogP contribution in [0.15, 0.2) is 23.1 Å². The van der Waals surface area contributed by atoms with Gasteiger partial charge in [0.15, 0.2) is 11.6 Å². The van der Waals surface area contributed by atoms with Crippen molar-refractivity contribution in [3.8, 4) is 11.4 Å². The number of pyridine rings is 1. The second kappa shape index (κ2) is 4.05. The van der Waals surface area contributed by atoms with Crippen molar-refractivity contribution in [2.24, 2.45) is 0 Å². The molecule has 0 aromatic carbocycles. The van der Waals surface area contributed by atoms with Crippen molar-refractivity contribution in [1.29, 1.82) is 0 Å². The molecule has 0 aliphatic heterocycles. The van der Waals surface area contributed by atoms with Gasteiger partial charge in [0.2, 0.25) is 0 Å². The van der Waals surface area contributed by atoms with Crippen molar-refractivity contribution in [3.05, 3.63) is 34.5 Å². The maximum absolute atomic E-state index is 12.0. The molecule has 19 heavy (non-hydrogen) atoms. The Balaban J connectivity index is 2.19. The van der Waals surface area contributed by atoms with E-state index in [1.807, 2.05) is 10.7 Å². The second-order valence-electron chi connectivity index (χ2n) is 6.06. The van der Waals surface area contributed by atoms with Gasteiger partial charge in [-0.2, -0.15) is 5.10 Å². The number of rotatable bonds is 2. The highest BCUT2D eigenvalue weighted by molar-refractivity contribution is 5.53. The molecule has 0 bridgehead atoms. The summed E-state index contributed by atoms with van der Waals surface area (Å²) in [6, 6.07) is 3.61. The van der Waals surface area contributed by atoms with Gasteiger partial charge in [-0.05, 0) is 45.7 Å². The Labute approximate surface area is 111 Å². The summed E-state index contributed by atoms with van der Waals surface area (Å²) in [6.07, 6.45) is 3.93. The Bertz CT molecular complexity index is 659. The van der Waals surface area contributed by atoms with Gasteiger partial charge in [-0.3, -0.25) is 4.79 Å². The zero-order valence-electron chi connectivity index (χ0n) is 11.5. The highest BCUT2D eigenvalue weighted by Gasteiger charge is 2.31. The van der Waals surface area contributed by atoms with Crippen molar-refractivity contribution in [3.63, 3.8) is 0 Å². The zero-order chi connectivity index (χ0) is 13.6. The van der Waals surface area contributed by atoms with Crippen LogP contribution in [0.1, 0.15) is 45.4 Å². The highest BCUT2D eigenvalue weighted by Crippen LogP contribution is 2.39. The quantitative estimate of drug-likeness (QED) is 0.898. The lowest BCUT2D eigenvalue weighted by Gasteiger charge is -2.20. The van der Waals surface area contributed by atoms with Crippen LogP contribution in [0.25, 0.3) is 11.4 Å². The number of aromatic amines is 1. The molecule has 5 nitrogen and oxygen atoms in total. The highest BCUT2D eigenvalue weighted by atomic mass is 16.1. The van der Waals surface area contributed by atoms with Gasteiger partial charge in [-0.1, -0.05) is 0 Å². The molecule has 2 aromatic rings. The lowest BCUT2D eigenvalue weighted by molar-refractivity contribution is 0.357. The Hall–Kier alpha value is -1.91. The summed E-state index contributed by atoms with van der Waals surface area (Å²) in [5.41, 5.74) is 0.261. The van der Waals surface area contributed by atoms with Crippen LogP contribution in [0.4, 0.5) is 0 Å². The molecule has 2 heterocycles. The van der Waals surface area contributed by atoms with E-state index >= 15 is 0 Å². The summed E-state index contributed by atoms with van der Waals surface area (Å²) in [7, 11) is 0. The molecule has 0 atom stereocenters. The van der Waals surface area contributed by atoms with Crippen LogP contribution in [-0.2, 0) is 5.54 Å². The first-order chi connectivity index (χ1) is 8.97. The molecule has 0 saturated heterocycles. The van der Waals surface area contributed by atoms with Gasteiger partial charge in [0.25, 0.3) is 5.56 Å². The summed E-state index contributed by atoms with van der Waals surface area (Å²) < 4.78 is 1.87. The standard InChI is InChI=1S/C14H18N4O/c1-14(2,3)18-12(10-5-4-8-15-13(10)19)16-11(17-18)9-6-7-9/h4-5,8-9H,6-7H2,1-3H3,(H,15,19). The van der Waals surface area contributed by atoms with E-state index in [-0.39, 0.29) is 11.1 Å². The molecule has 100 valence electrons. The van der Waals surface area contributed by atoms with Crippen LogP contribution in [-0.4, -0.2) is 19.7 Å². The predicted octanol–water partition coefficient (Wildman–Crippen LogP) is 2.27. The van der Waals surface area contributed by atoms with Gasteiger partial charge in [-0.15, -0.1) is 0 Å². The summed E-state index contributed by atoms with van der Waals surface area (Å²) in [4.78, 5) is 19.3. The van der Waals surface area contributed by atoms with Gasteiger partial charge in [0.05, 0.1) is 11.1 Å². The number of aromatic nitrogens is 4. The van der Waals surface area contributed by atoms with Crippen LogP contribution in [0.3, 0.4) is 0 Å². The number of nitrogens with zero attached hydrogens (tertiary/aromatic N) is 3. The first kappa shape index (κ1) is 12.1. The summed E-state index contributed by atoms with van der Waals surface area (Å²) >= 11 is 0. The van der Waals surface area contributed by atoms with Crippen LogP contribution in [0, 0.1) is 0 Å². The largest absolute Gasteiger partial charge is 0.328 e. The first-order valence-corrected chi connectivity index (χ1v) is 6.62. The minimum Gasteiger partial charge on any atom is -0.328 e. The summed E-state index contributed by atoms with van der Waals surface area (Å²) in [5, 5.41) is 4.61. The second-order valence-corrected chi connectivity index (χ2v) is 6.06. The van der Waals surface area contributed by atoms with E-state index in [0.29, 0.717) is 17.3 Å². The normalized spacial score (nSPS) is 15.7. The van der Waals surface area contributed by atoms with Crippen LogP contribution in [0.2, 0.25) is 0 Å². The summed E-state index contributed by atoms with van der Waals surface area (Å²) in [5.74, 6) is 2.01. The third kappa shape index (κ3) is 2.20. The average molecular weight is 258 g/mol. The average Bonchev–Trinajstić information content (AvgIpc) is 3.08. The molecule has 1 aliphatic carbocycles. The molecular weight excluding hydrogens is 240 g/mol. The molecule has 1 saturated carbocycles. The van der Waals surface area contributed by atoms with Crippen molar-refractivity contribution in [2.45, 2.75) is 45.1 Å². The molecule has 1 aliphatic rings. The SMILES string of the molecule is CC(C)(C)n1nc(C2CC2)nc1-c1ccc[nH]c1=O. The van der Waals surface area contributed by atoms with Crippen LogP contribution < -0.4 is 5.56 Å². The molecule has 5 heteroatoms. The van der Waals surface area contributed by atoms with E-state index in [4.69, 9.17) is 0 Å². The molecule has 3 rings (SSSR count). The molecule has 1 N–H and O–H groups in total. The predicted molar refractivity (Wildman–Crippen MR) is 73.0 cm³/mol. The maximum Gasteiger partial charge on any atom is 0.259 e. The van der Waals surface area contributed by atoms with Crippen molar-refractivity contribution in [1.82, 2.24) is 19.7 Å². The van der Waals surface area contributed by atoms with Gasteiger partial charge < -0.3 is 4.98 Å². The van der Waals surface area contributed by atoms with Crippen molar-refractivity contribution in [2.75, 3.05) is 0 Å².